The Labute approximate surface area is 120 Å². The summed E-state index contributed by atoms with van der Waals surface area (Å²) in [6.45, 7) is 0. The molecule has 7 nitrogen and oxygen atoms in total. The molecule has 0 aliphatic rings. The van der Waals surface area contributed by atoms with Crippen LogP contribution in [0, 0.1) is 5.21 Å². The lowest BCUT2D eigenvalue weighted by Gasteiger charge is -2.15. The third kappa shape index (κ3) is 2.93. The summed E-state index contributed by atoms with van der Waals surface area (Å²) in [4.78, 5) is 10.2. The first-order valence-corrected chi connectivity index (χ1v) is 7.23. The van der Waals surface area contributed by atoms with Crippen molar-refractivity contribution in [1.29, 1.82) is 0 Å². The number of rotatable bonds is 4. The molecule has 110 valence electrons. The van der Waals surface area contributed by atoms with Crippen molar-refractivity contribution in [3.05, 3.63) is 59.3 Å². The summed E-state index contributed by atoms with van der Waals surface area (Å²) >= 11 is 0. The number of nitrogens with one attached hydrogen (secondary N) is 1. The zero-order valence-corrected chi connectivity index (χ0v) is 11.4. The number of hydrogen-bond acceptors (Lipinski definition) is 5. The number of aromatic carboxylic acids is 1. The Balaban J connectivity index is 2.55. The Morgan fingerprint density at radius 2 is 1.62 bits per heavy atom. The third-order valence-electron chi connectivity index (χ3n) is 2.82. The molecule has 1 unspecified atom stereocenters. The van der Waals surface area contributed by atoms with E-state index >= 15 is 0 Å². The fourth-order valence-electron chi connectivity index (χ4n) is 1.78. The Kier molecular flexibility index (Phi) is 4.05. The van der Waals surface area contributed by atoms with Gasteiger partial charge in [0.05, 0.1) is 10.5 Å². The van der Waals surface area contributed by atoms with E-state index in [2.05, 4.69) is 0 Å². The van der Waals surface area contributed by atoms with E-state index < -0.39 is 21.0 Å². The summed E-state index contributed by atoms with van der Waals surface area (Å²) in [6.07, 6.45) is 0. The van der Waals surface area contributed by atoms with Gasteiger partial charge in [0.2, 0.25) is 9.84 Å². The van der Waals surface area contributed by atoms with Gasteiger partial charge < -0.3 is 10.3 Å². The molecule has 8 heteroatoms. The summed E-state index contributed by atoms with van der Waals surface area (Å²) in [6, 6.07) is 9.82. The fraction of sp³-hybridized carbons (Fsp3) is 0. The Morgan fingerprint density at radius 3 is 2.14 bits per heavy atom. The largest absolute Gasteiger partial charge is 0.595 e. The first-order chi connectivity index (χ1) is 9.84. The zero-order chi connectivity index (χ0) is 15.6. The molecule has 0 radical (unpaired) electrons. The van der Waals surface area contributed by atoms with Crippen molar-refractivity contribution in [2.45, 2.75) is 9.79 Å². The van der Waals surface area contributed by atoms with E-state index in [1.807, 2.05) is 0 Å². The topological polar surface area (TPSA) is 119 Å². The molecule has 1 atom stereocenters. The summed E-state index contributed by atoms with van der Waals surface area (Å²) in [5.41, 5.74) is -0.389. The normalized spacial score (nSPS) is 12.9. The highest BCUT2D eigenvalue weighted by molar-refractivity contribution is 7.91. The Bertz CT molecular complexity index is 768. The van der Waals surface area contributed by atoms with Crippen LogP contribution in [0.5, 0.6) is 0 Å². The van der Waals surface area contributed by atoms with E-state index in [0.29, 0.717) is 0 Å². The van der Waals surface area contributed by atoms with Crippen molar-refractivity contribution < 1.29 is 28.8 Å². The molecule has 0 spiro atoms. The number of carbonyl (C=O) groups is 1. The van der Waals surface area contributed by atoms with Crippen LogP contribution in [0.2, 0.25) is 0 Å². The minimum Gasteiger partial charge on any atom is -0.595 e. The van der Waals surface area contributed by atoms with Crippen LogP contribution in [0.4, 0.5) is 5.69 Å². The van der Waals surface area contributed by atoms with Gasteiger partial charge in [0.25, 0.3) is 0 Å². The Hall–Kier alpha value is -2.26. The van der Waals surface area contributed by atoms with Crippen molar-refractivity contribution in [2.24, 2.45) is 0 Å². The van der Waals surface area contributed by atoms with Gasteiger partial charge in [0.1, 0.15) is 4.90 Å². The maximum atomic E-state index is 12.4. The molecule has 0 fully saturated rings. The van der Waals surface area contributed by atoms with E-state index in [1.165, 1.54) is 24.3 Å². The monoisotopic (exact) mass is 309 g/mol. The molecule has 2 aromatic carbocycles. The maximum Gasteiger partial charge on any atom is 0.335 e. The molecule has 0 aliphatic carbocycles. The average molecular weight is 309 g/mol. The van der Waals surface area contributed by atoms with Crippen molar-refractivity contribution in [1.82, 2.24) is 0 Å². The summed E-state index contributed by atoms with van der Waals surface area (Å²) in [7, 11) is -4.03. The third-order valence-corrected chi connectivity index (χ3v) is 4.65. The van der Waals surface area contributed by atoms with Crippen LogP contribution in [-0.4, -0.2) is 24.7 Å². The lowest BCUT2D eigenvalue weighted by atomic mass is 10.2. The number of carboxylic acids is 1. The first-order valence-electron chi connectivity index (χ1n) is 5.75. The van der Waals surface area contributed by atoms with Crippen molar-refractivity contribution >= 4 is 21.5 Å². The van der Waals surface area contributed by atoms with Gasteiger partial charge in [0.15, 0.2) is 5.69 Å². The van der Waals surface area contributed by atoms with Crippen LogP contribution in [0.25, 0.3) is 0 Å². The number of carboxylic acid groups (broad SMARTS) is 1. The molecule has 2 rings (SSSR count). The summed E-state index contributed by atoms with van der Waals surface area (Å²) < 4.78 is 24.9. The molecular formula is C13H11NO6S. The van der Waals surface area contributed by atoms with Crippen LogP contribution in [0.1, 0.15) is 10.4 Å². The second kappa shape index (κ2) is 5.62. The number of hydrogen-bond donors (Lipinski definition) is 3. The number of quaternary nitrogens is 1. The minimum absolute atomic E-state index is 0.0551. The molecular weight excluding hydrogens is 298 g/mol. The van der Waals surface area contributed by atoms with Gasteiger partial charge in [-0.3, -0.25) is 0 Å². The van der Waals surface area contributed by atoms with Crippen molar-refractivity contribution in [3.63, 3.8) is 0 Å². The number of sulfone groups is 1. The van der Waals surface area contributed by atoms with E-state index in [0.717, 1.165) is 24.3 Å². The summed E-state index contributed by atoms with van der Waals surface area (Å²) in [5.74, 6) is -1.18. The molecule has 3 N–H and O–H groups in total. The zero-order valence-electron chi connectivity index (χ0n) is 10.6. The lowest BCUT2D eigenvalue weighted by molar-refractivity contribution is -0.992. The van der Waals surface area contributed by atoms with E-state index in [4.69, 9.17) is 10.3 Å². The summed E-state index contributed by atoms with van der Waals surface area (Å²) in [5, 5.41) is 27.6. The smallest absolute Gasteiger partial charge is 0.335 e. The van der Waals surface area contributed by atoms with E-state index in [-0.39, 0.29) is 21.0 Å². The van der Waals surface area contributed by atoms with Gasteiger partial charge in [-0.1, -0.05) is 12.1 Å². The van der Waals surface area contributed by atoms with Gasteiger partial charge in [-0.25, -0.2) is 18.4 Å². The molecule has 0 saturated heterocycles. The van der Waals surface area contributed by atoms with Crippen LogP contribution in [0.3, 0.4) is 0 Å². The van der Waals surface area contributed by atoms with Crippen LogP contribution in [-0.2, 0) is 9.84 Å². The van der Waals surface area contributed by atoms with Gasteiger partial charge in [-0.15, -0.1) is 0 Å². The highest BCUT2D eigenvalue weighted by Gasteiger charge is 2.24. The molecule has 21 heavy (non-hydrogen) atoms. The number of para-hydroxylation sites is 1. The SMILES string of the molecule is O=C(O)c1ccc(S(=O)(=O)c2ccccc2[NH+]([O-])O)cc1. The van der Waals surface area contributed by atoms with Crippen LogP contribution < -0.4 is 5.23 Å². The molecule has 0 aromatic heterocycles. The van der Waals surface area contributed by atoms with E-state index in [1.54, 1.807) is 0 Å². The molecule has 2 aromatic rings. The van der Waals surface area contributed by atoms with Crippen molar-refractivity contribution in [2.75, 3.05) is 0 Å². The maximum absolute atomic E-state index is 12.4. The van der Waals surface area contributed by atoms with Crippen molar-refractivity contribution in [3.8, 4) is 0 Å². The van der Waals surface area contributed by atoms with Crippen LogP contribution >= 0.6 is 0 Å². The second-order valence-corrected chi connectivity index (χ2v) is 6.05. The Morgan fingerprint density at radius 1 is 1.05 bits per heavy atom. The molecule has 0 saturated carbocycles. The molecule has 0 bridgehead atoms. The molecule has 0 amide bonds. The first kappa shape index (κ1) is 15.1. The second-order valence-electron chi connectivity index (χ2n) is 4.13. The van der Waals surface area contributed by atoms with Gasteiger partial charge in [-0.2, -0.15) is 5.23 Å². The quantitative estimate of drug-likeness (QED) is 0.712. The minimum atomic E-state index is -4.03. The van der Waals surface area contributed by atoms with Crippen LogP contribution in [0.15, 0.2) is 58.3 Å². The highest BCUT2D eigenvalue weighted by Crippen LogP contribution is 2.25. The average Bonchev–Trinajstić information content (AvgIpc) is 2.47. The molecule has 0 heterocycles. The van der Waals surface area contributed by atoms with E-state index in [9.17, 15) is 18.4 Å². The predicted octanol–water partition coefficient (Wildman–Crippen LogP) is 0.621. The fourth-order valence-corrected chi connectivity index (χ4v) is 3.23. The number of benzene rings is 2. The van der Waals surface area contributed by atoms with Gasteiger partial charge >= 0.3 is 5.97 Å². The standard InChI is InChI=1S/C13H11NO6S/c15-13(16)9-5-7-10(8-6-9)21(19,20)12-4-2-1-3-11(12)14(17)18/h1-8,14,17H,(H,15,16). The van der Waals surface area contributed by atoms with Gasteiger partial charge in [0, 0.05) is 6.07 Å². The predicted molar refractivity (Wildman–Crippen MR) is 71.1 cm³/mol. The highest BCUT2D eigenvalue weighted by atomic mass is 32.2. The lowest BCUT2D eigenvalue weighted by Crippen LogP contribution is -2.99. The van der Waals surface area contributed by atoms with Gasteiger partial charge in [-0.05, 0) is 30.3 Å². The molecule has 0 aliphatic heterocycles.